The summed E-state index contributed by atoms with van der Waals surface area (Å²) in [4.78, 5) is 12.5. The van der Waals surface area contributed by atoms with Crippen molar-refractivity contribution in [3.05, 3.63) is 47.5 Å². The van der Waals surface area contributed by atoms with E-state index < -0.39 is 5.54 Å². The summed E-state index contributed by atoms with van der Waals surface area (Å²) in [5, 5.41) is 5.81. The molecule has 2 N–H and O–H groups in total. The molecule has 0 fully saturated rings. The summed E-state index contributed by atoms with van der Waals surface area (Å²) in [5.41, 5.74) is 2.00. The molecule has 0 bridgehead atoms. The van der Waals surface area contributed by atoms with Gasteiger partial charge in [-0.05, 0) is 56.2 Å². The molecule has 0 saturated carbocycles. The van der Waals surface area contributed by atoms with Crippen molar-refractivity contribution in [3.63, 3.8) is 0 Å². The predicted octanol–water partition coefficient (Wildman–Crippen LogP) is 3.79. The van der Waals surface area contributed by atoms with Gasteiger partial charge in [-0.3, -0.25) is 0 Å². The van der Waals surface area contributed by atoms with E-state index in [0.717, 1.165) is 11.1 Å². The maximum absolute atomic E-state index is 12.5. The molecule has 25 heavy (non-hydrogen) atoms. The number of carbonyl (C=O) groups is 1. The lowest BCUT2D eigenvalue weighted by atomic mass is 9.94. The highest BCUT2D eigenvalue weighted by atomic mass is 16.7. The zero-order valence-electron chi connectivity index (χ0n) is 14.8. The van der Waals surface area contributed by atoms with E-state index >= 15 is 0 Å². The van der Waals surface area contributed by atoms with Crippen LogP contribution in [0.15, 0.2) is 36.4 Å². The van der Waals surface area contributed by atoms with Crippen LogP contribution in [0.3, 0.4) is 0 Å². The lowest BCUT2D eigenvalue weighted by molar-refractivity contribution is 0.174. The lowest BCUT2D eigenvalue weighted by Crippen LogP contribution is -2.43. The summed E-state index contributed by atoms with van der Waals surface area (Å²) in [6.07, 6.45) is 0. The molecule has 2 amide bonds. The van der Waals surface area contributed by atoms with E-state index in [4.69, 9.17) is 14.2 Å². The Labute approximate surface area is 147 Å². The lowest BCUT2D eigenvalue weighted by Gasteiger charge is -2.27. The molecule has 1 aliphatic heterocycles. The van der Waals surface area contributed by atoms with Gasteiger partial charge in [0.1, 0.15) is 5.75 Å². The summed E-state index contributed by atoms with van der Waals surface area (Å²) >= 11 is 0. The molecule has 1 aliphatic rings. The Bertz CT molecular complexity index is 802. The summed E-state index contributed by atoms with van der Waals surface area (Å²) in [6, 6.07) is 10.9. The second-order valence-electron chi connectivity index (χ2n) is 6.48. The number of ether oxygens (including phenoxy) is 3. The van der Waals surface area contributed by atoms with Crippen molar-refractivity contribution in [1.29, 1.82) is 0 Å². The smallest absolute Gasteiger partial charge is 0.320 e. The van der Waals surface area contributed by atoms with Crippen LogP contribution < -0.4 is 24.8 Å². The van der Waals surface area contributed by atoms with Gasteiger partial charge >= 0.3 is 6.03 Å². The summed E-state index contributed by atoms with van der Waals surface area (Å²) in [7, 11) is 1.58. The van der Waals surface area contributed by atoms with Crippen LogP contribution in [0.5, 0.6) is 17.2 Å². The van der Waals surface area contributed by atoms with Crippen molar-refractivity contribution >= 4 is 11.7 Å². The SMILES string of the molecule is COc1cc(C)ccc1NC(=O)NC(C)(C)c1ccc2c(c1)OCO2. The molecule has 0 atom stereocenters. The van der Waals surface area contributed by atoms with Crippen LogP contribution in [-0.2, 0) is 5.54 Å². The van der Waals surface area contributed by atoms with Gasteiger partial charge in [-0.1, -0.05) is 12.1 Å². The molecule has 0 saturated heterocycles. The molecular formula is C19H22N2O4. The Morgan fingerprint density at radius 2 is 1.88 bits per heavy atom. The van der Waals surface area contributed by atoms with Crippen LogP contribution in [0, 0.1) is 6.92 Å². The van der Waals surface area contributed by atoms with Gasteiger partial charge in [0, 0.05) is 0 Å². The molecule has 132 valence electrons. The van der Waals surface area contributed by atoms with Gasteiger partial charge in [0.05, 0.1) is 18.3 Å². The summed E-state index contributed by atoms with van der Waals surface area (Å²) in [6.45, 7) is 6.04. The first-order chi connectivity index (χ1) is 11.9. The molecular weight excluding hydrogens is 320 g/mol. The van der Waals surface area contributed by atoms with Gasteiger partial charge in [0.15, 0.2) is 11.5 Å². The van der Waals surface area contributed by atoms with E-state index in [1.54, 1.807) is 7.11 Å². The minimum Gasteiger partial charge on any atom is -0.495 e. The number of hydrogen-bond acceptors (Lipinski definition) is 4. The van der Waals surface area contributed by atoms with Crippen LogP contribution >= 0.6 is 0 Å². The molecule has 0 aliphatic carbocycles. The number of rotatable bonds is 4. The van der Waals surface area contributed by atoms with Crippen LogP contribution in [0.25, 0.3) is 0 Å². The van der Waals surface area contributed by atoms with Crippen molar-refractivity contribution < 1.29 is 19.0 Å². The second-order valence-corrected chi connectivity index (χ2v) is 6.48. The van der Waals surface area contributed by atoms with Gasteiger partial charge in [0.2, 0.25) is 6.79 Å². The van der Waals surface area contributed by atoms with Crippen LogP contribution in [0.1, 0.15) is 25.0 Å². The third-order valence-electron chi connectivity index (χ3n) is 4.13. The van der Waals surface area contributed by atoms with Gasteiger partial charge in [-0.15, -0.1) is 0 Å². The van der Waals surface area contributed by atoms with E-state index in [-0.39, 0.29) is 12.8 Å². The van der Waals surface area contributed by atoms with Crippen molar-refractivity contribution in [2.75, 3.05) is 19.2 Å². The number of nitrogens with one attached hydrogen (secondary N) is 2. The molecule has 0 spiro atoms. The number of benzene rings is 2. The number of carbonyl (C=O) groups excluding carboxylic acids is 1. The number of methoxy groups -OCH3 is 1. The third-order valence-corrected chi connectivity index (χ3v) is 4.13. The average Bonchev–Trinajstić information content (AvgIpc) is 3.03. The predicted molar refractivity (Wildman–Crippen MR) is 95.5 cm³/mol. The largest absolute Gasteiger partial charge is 0.495 e. The first-order valence-corrected chi connectivity index (χ1v) is 8.03. The molecule has 3 rings (SSSR count). The van der Waals surface area contributed by atoms with E-state index in [1.807, 2.05) is 57.2 Å². The van der Waals surface area contributed by atoms with Crippen LogP contribution in [-0.4, -0.2) is 19.9 Å². The second kappa shape index (κ2) is 6.55. The monoisotopic (exact) mass is 342 g/mol. The Morgan fingerprint density at radius 3 is 2.64 bits per heavy atom. The van der Waals surface area contributed by atoms with Gasteiger partial charge < -0.3 is 24.8 Å². The molecule has 0 unspecified atom stereocenters. The minimum absolute atomic E-state index is 0.223. The number of hydrogen-bond donors (Lipinski definition) is 2. The molecule has 0 radical (unpaired) electrons. The van der Waals surface area contributed by atoms with Gasteiger partial charge in [-0.2, -0.15) is 0 Å². The number of amides is 2. The van der Waals surface area contributed by atoms with E-state index in [0.29, 0.717) is 22.9 Å². The molecule has 6 nitrogen and oxygen atoms in total. The van der Waals surface area contributed by atoms with E-state index in [2.05, 4.69) is 10.6 Å². The fourth-order valence-electron chi connectivity index (χ4n) is 2.70. The first-order valence-electron chi connectivity index (χ1n) is 8.03. The fraction of sp³-hybridized carbons (Fsp3) is 0.316. The standard InChI is InChI=1S/C19H22N2O4/c1-12-5-7-14(16(9-12)23-4)20-18(22)21-19(2,3)13-6-8-15-17(10-13)25-11-24-15/h5-10H,11H2,1-4H3,(H2,20,21,22). The van der Waals surface area contributed by atoms with Crippen molar-refractivity contribution in [3.8, 4) is 17.2 Å². The number of anilines is 1. The van der Waals surface area contributed by atoms with E-state index in [1.165, 1.54) is 0 Å². The molecule has 6 heteroatoms. The minimum atomic E-state index is -0.594. The fourth-order valence-corrected chi connectivity index (χ4v) is 2.70. The highest BCUT2D eigenvalue weighted by Gasteiger charge is 2.26. The van der Waals surface area contributed by atoms with Crippen molar-refractivity contribution in [2.24, 2.45) is 0 Å². The number of fused-ring (bicyclic) bond motifs is 1. The van der Waals surface area contributed by atoms with Gasteiger partial charge in [0.25, 0.3) is 0 Å². The normalized spacial score (nSPS) is 12.6. The number of aryl methyl sites for hydroxylation is 1. The molecule has 2 aromatic rings. The van der Waals surface area contributed by atoms with Crippen molar-refractivity contribution in [1.82, 2.24) is 5.32 Å². The van der Waals surface area contributed by atoms with Crippen LogP contribution in [0.2, 0.25) is 0 Å². The molecule has 1 heterocycles. The average molecular weight is 342 g/mol. The molecule has 2 aromatic carbocycles. The first kappa shape index (κ1) is 17.0. The zero-order chi connectivity index (χ0) is 18.0. The Morgan fingerprint density at radius 1 is 1.12 bits per heavy atom. The summed E-state index contributed by atoms with van der Waals surface area (Å²) < 4.78 is 16.1. The quantitative estimate of drug-likeness (QED) is 0.887. The zero-order valence-corrected chi connectivity index (χ0v) is 14.8. The molecule has 0 aromatic heterocycles. The Kier molecular flexibility index (Phi) is 4.44. The number of urea groups is 1. The van der Waals surface area contributed by atoms with E-state index in [9.17, 15) is 4.79 Å². The topological polar surface area (TPSA) is 68.8 Å². The maximum atomic E-state index is 12.5. The van der Waals surface area contributed by atoms with Gasteiger partial charge in [-0.25, -0.2) is 4.79 Å². The highest BCUT2D eigenvalue weighted by Crippen LogP contribution is 2.35. The van der Waals surface area contributed by atoms with Crippen molar-refractivity contribution in [2.45, 2.75) is 26.3 Å². The highest BCUT2D eigenvalue weighted by molar-refractivity contribution is 5.91. The van der Waals surface area contributed by atoms with Crippen LogP contribution in [0.4, 0.5) is 10.5 Å². The third kappa shape index (κ3) is 3.63. The Hall–Kier alpha value is -2.89. The summed E-state index contributed by atoms with van der Waals surface area (Å²) in [5.74, 6) is 2.03. The maximum Gasteiger partial charge on any atom is 0.320 e. The Balaban J connectivity index is 1.73.